The van der Waals surface area contributed by atoms with Gasteiger partial charge >= 0.3 is 0 Å². The highest BCUT2D eigenvalue weighted by Crippen LogP contribution is 2.13. The number of nitrogens with two attached hydrogens (primary N) is 1. The molecule has 3 N–H and O–H groups in total. The number of pyridine rings is 1. The first kappa shape index (κ1) is 10.4. The van der Waals surface area contributed by atoms with Crippen molar-refractivity contribution in [2.24, 2.45) is 0 Å². The Morgan fingerprint density at radius 2 is 2.22 bits per heavy atom. The minimum absolute atomic E-state index is 0.134. The van der Waals surface area contributed by atoms with Crippen molar-refractivity contribution in [2.45, 2.75) is 6.42 Å². The minimum atomic E-state index is 0.134. The van der Waals surface area contributed by atoms with Gasteiger partial charge in [-0.15, -0.1) is 5.10 Å². The Kier molecular flexibility index (Phi) is 2.45. The number of rotatable bonds is 3. The van der Waals surface area contributed by atoms with Gasteiger partial charge in [-0.05, 0) is 12.1 Å². The van der Waals surface area contributed by atoms with E-state index in [-0.39, 0.29) is 11.8 Å². The fourth-order valence-corrected chi connectivity index (χ4v) is 1.46. The van der Waals surface area contributed by atoms with E-state index in [1.54, 1.807) is 6.20 Å². The van der Waals surface area contributed by atoms with E-state index in [2.05, 4.69) is 30.3 Å². The van der Waals surface area contributed by atoms with Crippen molar-refractivity contribution in [3.63, 3.8) is 0 Å². The van der Waals surface area contributed by atoms with E-state index in [0.29, 0.717) is 18.1 Å². The third kappa shape index (κ3) is 2.03. The van der Waals surface area contributed by atoms with Crippen LogP contribution in [0, 0.1) is 0 Å². The molecule has 3 heterocycles. The van der Waals surface area contributed by atoms with Crippen LogP contribution in [0.15, 0.2) is 28.9 Å². The van der Waals surface area contributed by atoms with Crippen LogP contribution in [-0.2, 0) is 6.42 Å². The summed E-state index contributed by atoms with van der Waals surface area (Å²) in [5.74, 6) is 1.27. The molecular formula is C10H9N7O. The fraction of sp³-hybridized carbons (Fsp3) is 0.100. The average molecular weight is 243 g/mol. The van der Waals surface area contributed by atoms with Crippen molar-refractivity contribution < 1.29 is 4.52 Å². The molecule has 0 radical (unpaired) electrons. The van der Waals surface area contributed by atoms with Gasteiger partial charge in [-0.2, -0.15) is 9.97 Å². The number of hydrogen-bond donors (Lipinski definition) is 2. The second-order valence-electron chi connectivity index (χ2n) is 3.56. The zero-order valence-corrected chi connectivity index (χ0v) is 9.24. The van der Waals surface area contributed by atoms with Crippen LogP contribution in [-0.4, -0.2) is 30.3 Å². The van der Waals surface area contributed by atoms with Crippen molar-refractivity contribution in [2.75, 3.05) is 5.73 Å². The molecule has 0 saturated carbocycles. The molecule has 18 heavy (non-hydrogen) atoms. The normalized spacial score (nSPS) is 10.7. The third-order valence-electron chi connectivity index (χ3n) is 2.24. The molecule has 0 aliphatic heterocycles. The maximum absolute atomic E-state index is 5.39. The molecule has 0 bridgehead atoms. The molecule has 0 fully saturated rings. The van der Waals surface area contributed by atoms with Crippen LogP contribution < -0.4 is 5.73 Å². The van der Waals surface area contributed by atoms with E-state index in [1.807, 2.05) is 18.2 Å². The number of aromatic amines is 1. The molecule has 0 saturated heterocycles. The molecule has 0 unspecified atom stereocenters. The average Bonchev–Trinajstić information content (AvgIpc) is 2.99. The van der Waals surface area contributed by atoms with Crippen LogP contribution in [0.4, 0.5) is 5.95 Å². The van der Waals surface area contributed by atoms with Crippen LogP contribution in [0.3, 0.4) is 0 Å². The fourth-order valence-electron chi connectivity index (χ4n) is 1.46. The van der Waals surface area contributed by atoms with Crippen molar-refractivity contribution in [1.29, 1.82) is 0 Å². The lowest BCUT2D eigenvalue weighted by Crippen LogP contribution is -1.93. The Labute approximate surface area is 101 Å². The molecule has 0 spiro atoms. The number of aromatic nitrogens is 6. The minimum Gasteiger partial charge on any atom is -0.366 e. The quantitative estimate of drug-likeness (QED) is 0.684. The summed E-state index contributed by atoms with van der Waals surface area (Å²) in [7, 11) is 0. The summed E-state index contributed by atoms with van der Waals surface area (Å²) in [5.41, 5.74) is 6.26. The molecule has 0 aromatic carbocycles. The first-order valence-electron chi connectivity index (χ1n) is 5.22. The molecule has 8 nitrogen and oxygen atoms in total. The van der Waals surface area contributed by atoms with E-state index in [4.69, 9.17) is 10.3 Å². The van der Waals surface area contributed by atoms with Crippen molar-refractivity contribution in [1.82, 2.24) is 30.3 Å². The molecular weight excluding hydrogens is 234 g/mol. The van der Waals surface area contributed by atoms with Gasteiger partial charge in [-0.3, -0.25) is 10.1 Å². The Morgan fingerprint density at radius 3 is 2.94 bits per heavy atom. The number of anilines is 1. The third-order valence-corrected chi connectivity index (χ3v) is 2.24. The van der Waals surface area contributed by atoms with Gasteiger partial charge in [0.15, 0.2) is 5.82 Å². The van der Waals surface area contributed by atoms with Gasteiger partial charge in [0.25, 0.3) is 5.89 Å². The SMILES string of the molecule is Nc1n[nH]c(-c2nc(Cc3ccccn3)no2)n1. The highest BCUT2D eigenvalue weighted by Gasteiger charge is 2.13. The van der Waals surface area contributed by atoms with Crippen LogP contribution in [0.1, 0.15) is 11.5 Å². The van der Waals surface area contributed by atoms with Crippen molar-refractivity contribution >= 4 is 5.95 Å². The Bertz CT molecular complexity index is 645. The van der Waals surface area contributed by atoms with Gasteiger partial charge in [0.2, 0.25) is 11.8 Å². The van der Waals surface area contributed by atoms with Gasteiger partial charge in [-0.1, -0.05) is 11.2 Å². The maximum atomic E-state index is 5.39. The van der Waals surface area contributed by atoms with Gasteiger partial charge in [0, 0.05) is 11.9 Å². The van der Waals surface area contributed by atoms with Gasteiger partial charge in [0.05, 0.1) is 6.42 Å². The lowest BCUT2D eigenvalue weighted by atomic mass is 10.2. The summed E-state index contributed by atoms with van der Waals surface area (Å²) in [5, 5.41) is 10.1. The molecule has 3 rings (SSSR count). The molecule has 90 valence electrons. The first-order valence-corrected chi connectivity index (χ1v) is 5.22. The number of hydrogen-bond acceptors (Lipinski definition) is 7. The summed E-state index contributed by atoms with van der Waals surface area (Å²) in [6, 6.07) is 5.64. The molecule has 0 aliphatic carbocycles. The Balaban J connectivity index is 1.82. The summed E-state index contributed by atoms with van der Waals surface area (Å²) in [6.45, 7) is 0. The molecule has 0 amide bonds. The Morgan fingerprint density at radius 1 is 1.28 bits per heavy atom. The van der Waals surface area contributed by atoms with Crippen LogP contribution in [0.2, 0.25) is 0 Å². The second-order valence-corrected chi connectivity index (χ2v) is 3.56. The van der Waals surface area contributed by atoms with Crippen LogP contribution in [0.25, 0.3) is 11.7 Å². The lowest BCUT2D eigenvalue weighted by molar-refractivity contribution is 0.421. The van der Waals surface area contributed by atoms with E-state index < -0.39 is 0 Å². The zero-order chi connectivity index (χ0) is 12.4. The highest BCUT2D eigenvalue weighted by atomic mass is 16.5. The predicted molar refractivity (Wildman–Crippen MR) is 61.1 cm³/mol. The summed E-state index contributed by atoms with van der Waals surface area (Å²) >= 11 is 0. The standard InChI is InChI=1S/C10H9N7O/c11-10-14-8(15-16-10)9-13-7(17-18-9)5-6-3-1-2-4-12-6/h1-4H,5H2,(H3,11,14,15,16). The van der Waals surface area contributed by atoms with Crippen LogP contribution in [0.5, 0.6) is 0 Å². The first-order chi connectivity index (χ1) is 8.81. The van der Waals surface area contributed by atoms with Crippen molar-refractivity contribution in [3.05, 3.63) is 35.9 Å². The topological polar surface area (TPSA) is 119 Å². The molecule has 3 aromatic heterocycles. The number of nitrogens with zero attached hydrogens (tertiary/aromatic N) is 5. The van der Waals surface area contributed by atoms with Crippen LogP contribution >= 0.6 is 0 Å². The summed E-state index contributed by atoms with van der Waals surface area (Å²) in [4.78, 5) is 12.3. The second kappa shape index (κ2) is 4.24. The smallest absolute Gasteiger partial charge is 0.295 e. The van der Waals surface area contributed by atoms with Gasteiger partial charge < -0.3 is 10.3 Å². The molecule has 0 aliphatic rings. The Hall–Kier alpha value is -2.77. The van der Waals surface area contributed by atoms with Crippen molar-refractivity contribution in [3.8, 4) is 11.7 Å². The largest absolute Gasteiger partial charge is 0.366 e. The van der Waals surface area contributed by atoms with E-state index >= 15 is 0 Å². The lowest BCUT2D eigenvalue weighted by Gasteiger charge is -1.92. The number of nitrogen functional groups attached to an aromatic ring is 1. The van der Waals surface area contributed by atoms with E-state index in [0.717, 1.165) is 5.69 Å². The molecule has 8 heteroatoms. The molecule has 0 atom stereocenters. The molecule has 3 aromatic rings. The van der Waals surface area contributed by atoms with Gasteiger partial charge in [0.1, 0.15) is 0 Å². The zero-order valence-electron chi connectivity index (χ0n) is 9.24. The number of H-pyrrole nitrogens is 1. The summed E-state index contributed by atoms with van der Waals surface area (Å²) in [6.07, 6.45) is 2.21. The predicted octanol–water partition coefficient (Wildman–Crippen LogP) is 0.423. The summed E-state index contributed by atoms with van der Waals surface area (Å²) < 4.78 is 5.06. The van der Waals surface area contributed by atoms with E-state index in [1.165, 1.54) is 0 Å². The number of nitrogens with one attached hydrogen (secondary N) is 1. The maximum Gasteiger partial charge on any atom is 0.295 e. The van der Waals surface area contributed by atoms with Gasteiger partial charge in [-0.25, -0.2) is 0 Å². The monoisotopic (exact) mass is 243 g/mol. The highest BCUT2D eigenvalue weighted by molar-refractivity contribution is 5.41. The van der Waals surface area contributed by atoms with E-state index in [9.17, 15) is 0 Å².